The van der Waals surface area contributed by atoms with Crippen LogP contribution in [0.2, 0.25) is 0 Å². The van der Waals surface area contributed by atoms with E-state index in [0.717, 1.165) is 38.3 Å². The van der Waals surface area contributed by atoms with Gasteiger partial charge in [-0.3, -0.25) is 19.2 Å². The lowest BCUT2D eigenvalue weighted by Crippen LogP contribution is -2.51. The van der Waals surface area contributed by atoms with Crippen LogP contribution in [0.15, 0.2) is 12.3 Å². The number of aromatic nitrogens is 2. The molecule has 3 rings (SSSR count). The average Bonchev–Trinajstić information content (AvgIpc) is 3.11. The van der Waals surface area contributed by atoms with Gasteiger partial charge in [-0.1, -0.05) is 0 Å². The van der Waals surface area contributed by atoms with Gasteiger partial charge in [-0.2, -0.15) is 5.10 Å². The van der Waals surface area contributed by atoms with Crippen LogP contribution < -0.4 is 5.32 Å². The Balaban J connectivity index is 1.46. The topological polar surface area (TPSA) is 73.7 Å². The minimum absolute atomic E-state index is 0.0972. The molecular weight excluding hydrogens is 332 g/mol. The highest BCUT2D eigenvalue weighted by Crippen LogP contribution is 2.21. The normalized spacial score (nSPS) is 21.6. The SMILES string of the molecule is CN(C)C(=O)CN1CCN(C(=O)Cn2ccc(C3CCCNC3)n2)CC1. The van der Waals surface area contributed by atoms with Crippen LogP contribution in [0.1, 0.15) is 24.5 Å². The fourth-order valence-corrected chi connectivity index (χ4v) is 3.51. The van der Waals surface area contributed by atoms with Crippen LogP contribution in [0.5, 0.6) is 0 Å². The van der Waals surface area contributed by atoms with E-state index in [-0.39, 0.29) is 18.4 Å². The van der Waals surface area contributed by atoms with Gasteiger partial charge in [-0.05, 0) is 25.5 Å². The molecule has 0 saturated carbocycles. The summed E-state index contributed by atoms with van der Waals surface area (Å²) in [5.41, 5.74) is 1.08. The zero-order chi connectivity index (χ0) is 18.5. The van der Waals surface area contributed by atoms with Crippen LogP contribution in [0.25, 0.3) is 0 Å². The predicted molar refractivity (Wildman–Crippen MR) is 98.8 cm³/mol. The van der Waals surface area contributed by atoms with Crippen LogP contribution in [0.4, 0.5) is 0 Å². The van der Waals surface area contributed by atoms with E-state index >= 15 is 0 Å². The summed E-state index contributed by atoms with van der Waals surface area (Å²) in [4.78, 5) is 29.9. The van der Waals surface area contributed by atoms with E-state index in [0.29, 0.717) is 25.6 Å². The molecule has 8 nitrogen and oxygen atoms in total. The van der Waals surface area contributed by atoms with Crippen molar-refractivity contribution >= 4 is 11.8 Å². The summed E-state index contributed by atoms with van der Waals surface area (Å²) >= 11 is 0. The van der Waals surface area contributed by atoms with Crippen LogP contribution >= 0.6 is 0 Å². The molecule has 0 spiro atoms. The molecule has 144 valence electrons. The number of carbonyl (C=O) groups is 2. The minimum atomic E-state index is 0.0972. The van der Waals surface area contributed by atoms with E-state index in [2.05, 4.69) is 15.3 Å². The number of nitrogens with one attached hydrogen (secondary N) is 1. The Labute approximate surface area is 155 Å². The third-order valence-corrected chi connectivity index (χ3v) is 5.26. The lowest BCUT2D eigenvalue weighted by molar-refractivity contribution is -0.134. The first-order chi connectivity index (χ1) is 12.5. The Hall–Kier alpha value is -1.93. The number of nitrogens with zero attached hydrogens (tertiary/aromatic N) is 5. The fraction of sp³-hybridized carbons (Fsp3) is 0.722. The van der Waals surface area contributed by atoms with Crippen molar-refractivity contribution in [1.82, 2.24) is 29.8 Å². The zero-order valence-electron chi connectivity index (χ0n) is 15.9. The van der Waals surface area contributed by atoms with Gasteiger partial charge in [0.2, 0.25) is 11.8 Å². The van der Waals surface area contributed by atoms with Crippen molar-refractivity contribution in [1.29, 1.82) is 0 Å². The number of piperidine rings is 1. The lowest BCUT2D eigenvalue weighted by atomic mass is 9.97. The van der Waals surface area contributed by atoms with Crippen molar-refractivity contribution < 1.29 is 9.59 Å². The maximum atomic E-state index is 12.5. The number of hydrogen-bond acceptors (Lipinski definition) is 5. The molecule has 2 saturated heterocycles. The summed E-state index contributed by atoms with van der Waals surface area (Å²) in [7, 11) is 3.54. The fourth-order valence-electron chi connectivity index (χ4n) is 3.51. The maximum Gasteiger partial charge on any atom is 0.244 e. The molecular formula is C18H30N6O2. The number of carbonyl (C=O) groups excluding carboxylic acids is 2. The van der Waals surface area contributed by atoms with Crippen LogP contribution in [0, 0.1) is 0 Å². The first kappa shape index (κ1) is 18.8. The number of rotatable bonds is 5. The van der Waals surface area contributed by atoms with Crippen molar-refractivity contribution in [2.75, 3.05) is 59.9 Å². The summed E-state index contributed by atoms with van der Waals surface area (Å²) in [6.45, 7) is 5.58. The van der Waals surface area contributed by atoms with Gasteiger partial charge in [0, 0.05) is 58.9 Å². The third kappa shape index (κ3) is 4.82. The van der Waals surface area contributed by atoms with Gasteiger partial charge in [0.25, 0.3) is 0 Å². The van der Waals surface area contributed by atoms with Gasteiger partial charge < -0.3 is 15.1 Å². The second kappa shape index (κ2) is 8.64. The number of piperazine rings is 1. The quantitative estimate of drug-likeness (QED) is 0.770. The highest BCUT2D eigenvalue weighted by molar-refractivity contribution is 5.78. The number of amides is 2. The molecule has 0 aromatic carbocycles. The van der Waals surface area contributed by atoms with Gasteiger partial charge in [-0.25, -0.2) is 0 Å². The molecule has 1 aromatic heterocycles. The Bertz CT molecular complexity index is 615. The first-order valence-corrected chi connectivity index (χ1v) is 9.47. The molecule has 2 amide bonds. The van der Waals surface area contributed by atoms with E-state index < -0.39 is 0 Å². The van der Waals surface area contributed by atoms with Gasteiger partial charge >= 0.3 is 0 Å². The standard InChI is InChI=1S/C18H30N6O2/c1-21(2)17(25)13-22-8-10-23(11-9-22)18(26)14-24-7-5-16(20-24)15-4-3-6-19-12-15/h5,7,15,19H,3-4,6,8-14H2,1-2H3. The Morgan fingerprint density at radius 2 is 2.00 bits per heavy atom. The Kier molecular flexibility index (Phi) is 6.26. The molecule has 0 bridgehead atoms. The second-order valence-corrected chi connectivity index (χ2v) is 7.43. The summed E-state index contributed by atoms with van der Waals surface area (Å²) in [5, 5.41) is 8.01. The number of hydrogen-bond donors (Lipinski definition) is 1. The molecule has 2 aliphatic heterocycles. The molecule has 1 atom stereocenters. The van der Waals surface area contributed by atoms with Gasteiger partial charge in [0.05, 0.1) is 12.2 Å². The van der Waals surface area contributed by atoms with E-state index in [1.54, 1.807) is 23.7 Å². The van der Waals surface area contributed by atoms with Crippen LogP contribution in [-0.2, 0) is 16.1 Å². The molecule has 2 aliphatic rings. The first-order valence-electron chi connectivity index (χ1n) is 9.47. The van der Waals surface area contributed by atoms with Crippen LogP contribution in [0.3, 0.4) is 0 Å². The van der Waals surface area contributed by atoms with Crippen molar-refractivity contribution in [2.45, 2.75) is 25.3 Å². The Morgan fingerprint density at radius 3 is 2.65 bits per heavy atom. The van der Waals surface area contributed by atoms with Crippen molar-refractivity contribution in [2.24, 2.45) is 0 Å². The summed E-state index contributed by atoms with van der Waals surface area (Å²) in [6, 6.07) is 2.04. The molecule has 0 aliphatic carbocycles. The highest BCUT2D eigenvalue weighted by atomic mass is 16.2. The second-order valence-electron chi connectivity index (χ2n) is 7.43. The molecule has 8 heteroatoms. The smallest absolute Gasteiger partial charge is 0.244 e. The average molecular weight is 362 g/mol. The number of likely N-dealkylation sites (N-methyl/N-ethyl adjacent to an activating group) is 1. The van der Waals surface area contributed by atoms with Crippen molar-refractivity contribution in [3.63, 3.8) is 0 Å². The summed E-state index contributed by atoms with van der Waals surface area (Å²) in [6.07, 6.45) is 4.25. The van der Waals surface area contributed by atoms with E-state index in [1.165, 1.54) is 6.42 Å². The largest absolute Gasteiger partial charge is 0.348 e. The van der Waals surface area contributed by atoms with E-state index in [4.69, 9.17) is 0 Å². The summed E-state index contributed by atoms with van der Waals surface area (Å²) < 4.78 is 1.76. The molecule has 1 N–H and O–H groups in total. The molecule has 3 heterocycles. The molecule has 1 aromatic rings. The molecule has 0 radical (unpaired) electrons. The summed E-state index contributed by atoms with van der Waals surface area (Å²) in [5.74, 6) is 0.656. The molecule has 1 unspecified atom stereocenters. The predicted octanol–water partition coefficient (Wildman–Crippen LogP) is -0.417. The van der Waals surface area contributed by atoms with E-state index in [1.807, 2.05) is 17.2 Å². The highest BCUT2D eigenvalue weighted by Gasteiger charge is 2.23. The van der Waals surface area contributed by atoms with E-state index in [9.17, 15) is 9.59 Å². The molecule has 2 fully saturated rings. The van der Waals surface area contributed by atoms with Gasteiger partial charge in [0.15, 0.2) is 0 Å². The zero-order valence-corrected chi connectivity index (χ0v) is 15.9. The van der Waals surface area contributed by atoms with Crippen molar-refractivity contribution in [3.05, 3.63) is 18.0 Å². The van der Waals surface area contributed by atoms with Crippen molar-refractivity contribution in [3.8, 4) is 0 Å². The Morgan fingerprint density at radius 1 is 1.23 bits per heavy atom. The van der Waals surface area contributed by atoms with Gasteiger partial charge in [-0.15, -0.1) is 0 Å². The van der Waals surface area contributed by atoms with Gasteiger partial charge in [0.1, 0.15) is 6.54 Å². The minimum Gasteiger partial charge on any atom is -0.348 e. The maximum absolute atomic E-state index is 12.5. The monoisotopic (exact) mass is 362 g/mol. The molecule has 26 heavy (non-hydrogen) atoms. The third-order valence-electron chi connectivity index (χ3n) is 5.26. The van der Waals surface area contributed by atoms with Crippen LogP contribution in [-0.4, -0.2) is 96.2 Å². The lowest BCUT2D eigenvalue weighted by Gasteiger charge is -2.34.